The molecule has 0 saturated carbocycles. The lowest BCUT2D eigenvalue weighted by atomic mass is 10.1. The van der Waals surface area contributed by atoms with Gasteiger partial charge in [-0.05, 0) is 44.9 Å². The molecule has 0 aliphatic carbocycles. The molecule has 0 saturated heterocycles. The van der Waals surface area contributed by atoms with E-state index < -0.39 is 5.97 Å². The smallest absolute Gasteiger partial charge is 0.339 e. The molecule has 5 nitrogen and oxygen atoms in total. The fraction of sp³-hybridized carbons (Fsp3) is 0.652. The van der Waals surface area contributed by atoms with Crippen molar-refractivity contribution >= 4 is 23.5 Å². The number of esters is 2. The number of ether oxygens (including phenoxy) is 2. The number of benzene rings is 1. The van der Waals surface area contributed by atoms with Crippen LogP contribution < -0.4 is 0 Å². The van der Waals surface area contributed by atoms with E-state index in [1.54, 1.807) is 0 Å². The van der Waals surface area contributed by atoms with Crippen LogP contribution in [0.2, 0.25) is 5.02 Å². The molecule has 168 valence electrons. The van der Waals surface area contributed by atoms with Crippen molar-refractivity contribution in [1.82, 2.24) is 0 Å². The highest BCUT2D eigenvalue weighted by molar-refractivity contribution is 6.33. The summed E-state index contributed by atoms with van der Waals surface area (Å²) in [7, 11) is 1.27. The van der Waals surface area contributed by atoms with Gasteiger partial charge >= 0.3 is 11.9 Å². The van der Waals surface area contributed by atoms with E-state index in [1.165, 1.54) is 64.3 Å². The van der Waals surface area contributed by atoms with Crippen LogP contribution in [-0.2, 0) is 14.3 Å². The van der Waals surface area contributed by atoms with Crippen molar-refractivity contribution < 1.29 is 24.2 Å². The average molecular weight is 431 g/mol. The Kier molecular flexibility index (Phi) is 16.3. The van der Waals surface area contributed by atoms with Crippen molar-refractivity contribution in [1.29, 1.82) is 0 Å². The molecule has 1 aromatic rings. The molecule has 0 spiro atoms. The lowest BCUT2D eigenvalue weighted by Crippen LogP contribution is -2.21. The predicted octanol–water partition coefficient (Wildman–Crippen LogP) is 6.79. The maximum absolute atomic E-state index is 11.0. The second kappa shape index (κ2) is 16.1. The number of hydrogen-bond donors (Lipinski definition) is 1. The number of rotatable bonds is 6. The Morgan fingerprint density at radius 2 is 1.72 bits per heavy atom. The monoisotopic (exact) mass is 430 g/mol. The fourth-order valence-corrected chi connectivity index (χ4v) is 2.44. The van der Waals surface area contributed by atoms with E-state index in [0.29, 0.717) is 0 Å². The quantitative estimate of drug-likeness (QED) is 0.397. The van der Waals surface area contributed by atoms with E-state index in [2.05, 4.69) is 25.5 Å². The van der Waals surface area contributed by atoms with Gasteiger partial charge in [0.1, 0.15) is 11.4 Å². The van der Waals surface area contributed by atoms with Gasteiger partial charge in [0.2, 0.25) is 0 Å². The summed E-state index contributed by atoms with van der Waals surface area (Å²) in [5.41, 5.74) is -0.0804. The molecule has 29 heavy (non-hydrogen) atoms. The zero-order chi connectivity index (χ0) is 23.0. The Hall–Kier alpha value is -1.75. The highest BCUT2D eigenvalue weighted by Crippen LogP contribution is 2.21. The van der Waals surface area contributed by atoms with E-state index in [9.17, 15) is 9.59 Å². The van der Waals surface area contributed by atoms with Gasteiger partial charge in [-0.2, -0.15) is 0 Å². The van der Waals surface area contributed by atoms with Crippen molar-refractivity contribution in [2.45, 2.75) is 86.2 Å². The van der Waals surface area contributed by atoms with Gasteiger partial charge in [0.25, 0.3) is 0 Å². The summed E-state index contributed by atoms with van der Waals surface area (Å²) in [5.74, 6) is 0.187. The third kappa shape index (κ3) is 19.3. The number of phenols is 1. The normalized spacial score (nSPS) is 10.3. The molecular weight excluding hydrogens is 392 g/mol. The summed E-state index contributed by atoms with van der Waals surface area (Å²) in [6.07, 6.45) is 7.07. The average Bonchev–Trinajstić information content (AvgIpc) is 2.57. The first-order valence-electron chi connectivity index (χ1n) is 10.1. The van der Waals surface area contributed by atoms with Crippen LogP contribution >= 0.6 is 11.6 Å². The summed E-state index contributed by atoms with van der Waals surface area (Å²) in [6, 6.07) is 4.06. The standard InChI is InChI=1S/C9H20.C8H7ClO3.C6H12O2/c1-4-5-6-7-8-9(2)3;1-12-8(11)6-3-2-5(10)4-7(6)9;1-5(7)8-6(2,3)4/h9H,4-8H2,1-3H3;2-4,10H,1H3;1-4H3. The third-order valence-electron chi connectivity index (χ3n) is 3.44. The topological polar surface area (TPSA) is 72.8 Å². The third-order valence-corrected chi connectivity index (χ3v) is 3.76. The molecule has 0 heterocycles. The van der Waals surface area contributed by atoms with Crippen molar-refractivity contribution in [3.63, 3.8) is 0 Å². The van der Waals surface area contributed by atoms with E-state index >= 15 is 0 Å². The van der Waals surface area contributed by atoms with Gasteiger partial charge in [-0.3, -0.25) is 4.79 Å². The highest BCUT2D eigenvalue weighted by Gasteiger charge is 2.12. The second-order valence-corrected chi connectivity index (χ2v) is 8.51. The lowest BCUT2D eigenvalue weighted by Gasteiger charge is -2.17. The van der Waals surface area contributed by atoms with E-state index in [-0.39, 0.29) is 27.9 Å². The maximum atomic E-state index is 11.0. The van der Waals surface area contributed by atoms with Gasteiger partial charge in [-0.25, -0.2) is 4.79 Å². The molecule has 0 unspecified atom stereocenters. The summed E-state index contributed by atoms with van der Waals surface area (Å²) in [4.78, 5) is 21.2. The lowest BCUT2D eigenvalue weighted by molar-refractivity contribution is -0.151. The first kappa shape index (κ1) is 29.5. The fourth-order valence-electron chi connectivity index (χ4n) is 2.19. The summed E-state index contributed by atoms with van der Waals surface area (Å²) in [6.45, 7) is 13.8. The number of halogens is 1. The Morgan fingerprint density at radius 1 is 1.14 bits per heavy atom. The number of hydrogen-bond acceptors (Lipinski definition) is 5. The number of aromatic hydroxyl groups is 1. The second-order valence-electron chi connectivity index (χ2n) is 8.10. The molecule has 1 N–H and O–H groups in total. The maximum Gasteiger partial charge on any atom is 0.339 e. The Balaban J connectivity index is 0. The minimum Gasteiger partial charge on any atom is -0.508 e. The molecule has 0 aromatic heterocycles. The minimum atomic E-state index is -0.514. The molecule has 0 aliphatic rings. The first-order valence-corrected chi connectivity index (χ1v) is 10.5. The molecule has 0 bridgehead atoms. The van der Waals surface area contributed by atoms with Crippen LogP contribution in [0.15, 0.2) is 18.2 Å². The van der Waals surface area contributed by atoms with Crippen molar-refractivity contribution in [2.75, 3.05) is 7.11 Å². The molecule has 0 amide bonds. The zero-order valence-electron chi connectivity index (χ0n) is 19.3. The first-order chi connectivity index (χ1) is 13.3. The van der Waals surface area contributed by atoms with Gasteiger partial charge < -0.3 is 14.6 Å². The molecule has 0 fully saturated rings. The molecule has 0 aliphatic heterocycles. The van der Waals surface area contributed by atoms with Crippen LogP contribution in [0.4, 0.5) is 0 Å². The summed E-state index contributed by atoms with van der Waals surface area (Å²) >= 11 is 5.64. The molecule has 0 atom stereocenters. The number of unbranched alkanes of at least 4 members (excludes halogenated alkanes) is 3. The van der Waals surface area contributed by atoms with Crippen LogP contribution in [-0.4, -0.2) is 29.8 Å². The van der Waals surface area contributed by atoms with E-state index in [1.807, 2.05) is 20.8 Å². The number of phenolic OH excluding ortho intramolecular Hbond substituents is 1. The van der Waals surface area contributed by atoms with Crippen LogP contribution in [0.5, 0.6) is 5.75 Å². The summed E-state index contributed by atoms with van der Waals surface area (Å²) < 4.78 is 9.25. The van der Waals surface area contributed by atoms with E-state index in [4.69, 9.17) is 21.4 Å². The van der Waals surface area contributed by atoms with Crippen LogP contribution in [0, 0.1) is 5.92 Å². The number of methoxy groups -OCH3 is 1. The van der Waals surface area contributed by atoms with Gasteiger partial charge in [-0.1, -0.05) is 64.5 Å². The predicted molar refractivity (Wildman–Crippen MR) is 120 cm³/mol. The highest BCUT2D eigenvalue weighted by atomic mass is 35.5. The van der Waals surface area contributed by atoms with Crippen molar-refractivity contribution in [3.8, 4) is 5.75 Å². The van der Waals surface area contributed by atoms with Crippen molar-refractivity contribution in [2.24, 2.45) is 5.92 Å². The van der Waals surface area contributed by atoms with Gasteiger partial charge in [-0.15, -0.1) is 0 Å². The molecule has 1 rings (SSSR count). The number of carbonyl (C=O) groups is 2. The SMILES string of the molecule is CC(=O)OC(C)(C)C.CCCCCCC(C)C.COC(=O)c1ccc(O)cc1Cl. The Bertz CT molecular complexity index is 591. The molecule has 1 aromatic carbocycles. The van der Waals surface area contributed by atoms with Gasteiger partial charge in [0.15, 0.2) is 0 Å². The number of carbonyl (C=O) groups excluding carboxylic acids is 2. The van der Waals surface area contributed by atoms with Crippen LogP contribution in [0.1, 0.15) is 90.9 Å². The Labute approximate surface area is 181 Å². The van der Waals surface area contributed by atoms with E-state index in [0.717, 1.165) is 5.92 Å². The Morgan fingerprint density at radius 3 is 2.07 bits per heavy atom. The zero-order valence-corrected chi connectivity index (χ0v) is 20.1. The minimum absolute atomic E-state index is 0.0210. The van der Waals surface area contributed by atoms with Crippen LogP contribution in [0.3, 0.4) is 0 Å². The largest absolute Gasteiger partial charge is 0.508 e. The molecular formula is C23H39ClO5. The molecule has 0 radical (unpaired) electrons. The van der Waals surface area contributed by atoms with Gasteiger partial charge in [0.05, 0.1) is 17.7 Å². The van der Waals surface area contributed by atoms with Gasteiger partial charge in [0, 0.05) is 6.92 Å². The molecule has 6 heteroatoms. The van der Waals surface area contributed by atoms with Crippen molar-refractivity contribution in [3.05, 3.63) is 28.8 Å². The van der Waals surface area contributed by atoms with Crippen LogP contribution in [0.25, 0.3) is 0 Å². The summed E-state index contributed by atoms with van der Waals surface area (Å²) in [5, 5.41) is 9.14.